The number of benzene rings is 4. The van der Waals surface area contributed by atoms with Crippen molar-refractivity contribution >= 4 is 33.1 Å². The van der Waals surface area contributed by atoms with Crippen molar-refractivity contribution in [2.75, 3.05) is 28.4 Å². The van der Waals surface area contributed by atoms with Crippen LogP contribution < -0.4 is 18.9 Å². The van der Waals surface area contributed by atoms with E-state index in [1.165, 1.54) is 52.7 Å². The number of hydrogen-bond acceptors (Lipinski definition) is 6. The fraction of sp³-hybridized carbons (Fsp3) is 0.348. The van der Waals surface area contributed by atoms with Crippen LogP contribution in [0.4, 0.5) is 26.3 Å². The first kappa shape index (κ1) is 39.3. The van der Waals surface area contributed by atoms with Gasteiger partial charge in [-0.15, -0.1) is 0 Å². The van der Waals surface area contributed by atoms with Crippen LogP contribution in [0.3, 0.4) is 0 Å². The molecule has 12 heteroatoms. The largest absolute Gasteiger partial charge is 0.493 e. The molecule has 6 nitrogen and oxygen atoms in total. The van der Waals surface area contributed by atoms with Crippen molar-refractivity contribution < 1.29 is 54.1 Å². The Labute approximate surface area is 331 Å². The van der Waals surface area contributed by atoms with Crippen LogP contribution >= 0.6 is 0 Å². The van der Waals surface area contributed by atoms with Gasteiger partial charge >= 0.3 is 17.8 Å². The topological polar surface area (TPSA) is 63.2 Å². The predicted molar refractivity (Wildman–Crippen MR) is 210 cm³/mol. The Morgan fingerprint density at radius 2 is 0.776 bits per heavy atom. The summed E-state index contributed by atoms with van der Waals surface area (Å²) in [5, 5.41) is -0.354. The van der Waals surface area contributed by atoms with E-state index < -0.39 is 45.5 Å². The van der Waals surface area contributed by atoms with E-state index in [9.17, 15) is 0 Å². The minimum atomic E-state index is -5.89. The van der Waals surface area contributed by atoms with Gasteiger partial charge in [0.1, 0.15) is 28.1 Å². The molecule has 2 aliphatic carbocycles. The molecule has 0 unspecified atom stereocenters. The molecule has 0 saturated heterocycles. The SMILES string of the molecule is COc1cc2oc3c(c2cc1OC)C1=C(c2c(oc4cc(OC)c(OC)cc24)C3(c2ccc(C(C)(C)C)cc2)c2ccc(C(C)(C)C)cc2)C(F)(F)C(F)(F)C1(F)F. The van der Waals surface area contributed by atoms with E-state index in [2.05, 4.69) is 0 Å². The highest BCUT2D eigenvalue weighted by molar-refractivity contribution is 6.14. The molecule has 58 heavy (non-hydrogen) atoms. The molecule has 2 aromatic heterocycles. The van der Waals surface area contributed by atoms with E-state index in [-0.39, 0.29) is 67.3 Å². The average molecular weight is 805 g/mol. The van der Waals surface area contributed by atoms with E-state index in [0.717, 1.165) is 11.1 Å². The zero-order valence-electron chi connectivity index (χ0n) is 33.6. The molecule has 0 spiro atoms. The summed E-state index contributed by atoms with van der Waals surface area (Å²) in [5.74, 6) is -17.2. The summed E-state index contributed by atoms with van der Waals surface area (Å²) in [6.45, 7) is 12.1. The maximum Gasteiger partial charge on any atom is 0.380 e. The number of ether oxygens (including phenoxy) is 4. The minimum absolute atomic E-state index is 0.0263. The molecule has 2 aliphatic rings. The Kier molecular flexibility index (Phi) is 8.47. The van der Waals surface area contributed by atoms with E-state index in [1.54, 1.807) is 24.3 Å². The normalized spacial score (nSPS) is 17.8. The summed E-state index contributed by atoms with van der Waals surface area (Å²) in [6, 6.07) is 19.7. The summed E-state index contributed by atoms with van der Waals surface area (Å²) in [7, 11) is 5.32. The van der Waals surface area contributed by atoms with Gasteiger partial charge in [-0.05, 0) is 45.2 Å². The number of halogens is 6. The number of methoxy groups -OCH3 is 4. The molecular weight excluding hydrogens is 762 g/mol. The Bertz CT molecular complexity index is 2470. The fourth-order valence-corrected chi connectivity index (χ4v) is 8.50. The predicted octanol–water partition coefficient (Wildman–Crippen LogP) is 12.3. The van der Waals surface area contributed by atoms with Gasteiger partial charge in [-0.3, -0.25) is 0 Å². The van der Waals surface area contributed by atoms with Gasteiger partial charge in [-0.1, -0.05) is 90.1 Å². The second-order valence-electron chi connectivity index (χ2n) is 16.9. The molecule has 0 amide bonds. The van der Waals surface area contributed by atoms with Crippen LogP contribution in [0.2, 0.25) is 0 Å². The highest BCUT2D eigenvalue weighted by Crippen LogP contribution is 2.70. The molecular formula is C46H42F6O6. The first-order chi connectivity index (χ1) is 27.1. The number of allylic oxidation sites excluding steroid dienone is 2. The van der Waals surface area contributed by atoms with E-state index in [4.69, 9.17) is 27.8 Å². The molecule has 0 bridgehead atoms. The van der Waals surface area contributed by atoms with Crippen LogP contribution in [0.5, 0.6) is 23.0 Å². The smallest absolute Gasteiger partial charge is 0.380 e. The van der Waals surface area contributed by atoms with Crippen LogP contribution in [-0.2, 0) is 16.2 Å². The number of rotatable bonds is 6. The fourth-order valence-electron chi connectivity index (χ4n) is 8.50. The maximum absolute atomic E-state index is 17.0. The van der Waals surface area contributed by atoms with Gasteiger partial charge < -0.3 is 27.8 Å². The standard InChI is InChI=1S/C46H42F6O6/c1-41(2,3)23-11-15-25(16-12-23)43(26-17-13-24(14-18-26)42(4,5)6)39-35(27-19-31(53-7)33(55-9)21-29(27)57-39)37-38(45(49,50)46(51,52)44(37,47)48)36-28-20-32(54-8)34(56-10)22-30(28)58-40(36)43/h11-22H,1-10H3. The first-order valence-corrected chi connectivity index (χ1v) is 18.6. The van der Waals surface area contributed by atoms with E-state index >= 15 is 26.3 Å². The van der Waals surface area contributed by atoms with Gasteiger partial charge in [0.15, 0.2) is 23.0 Å². The van der Waals surface area contributed by atoms with Crippen LogP contribution in [0, 0.1) is 0 Å². The molecule has 304 valence electrons. The van der Waals surface area contributed by atoms with Crippen LogP contribution in [-0.4, -0.2) is 46.2 Å². The van der Waals surface area contributed by atoms with Crippen molar-refractivity contribution in [1.29, 1.82) is 0 Å². The summed E-state index contributed by atoms with van der Waals surface area (Å²) in [5.41, 5.74) is -4.81. The third-order valence-electron chi connectivity index (χ3n) is 11.6. The van der Waals surface area contributed by atoms with Crippen molar-refractivity contribution in [2.24, 2.45) is 0 Å². The Morgan fingerprint density at radius 3 is 1.07 bits per heavy atom. The van der Waals surface area contributed by atoms with Crippen molar-refractivity contribution in [1.82, 2.24) is 0 Å². The first-order valence-electron chi connectivity index (χ1n) is 18.6. The lowest BCUT2D eigenvalue weighted by molar-refractivity contribution is -0.254. The molecule has 0 fully saturated rings. The zero-order chi connectivity index (χ0) is 42.1. The lowest BCUT2D eigenvalue weighted by Crippen LogP contribution is -2.49. The molecule has 0 aliphatic heterocycles. The molecule has 4 aromatic carbocycles. The second kappa shape index (κ2) is 12.5. The minimum Gasteiger partial charge on any atom is -0.493 e. The van der Waals surface area contributed by atoms with Gasteiger partial charge in [0, 0.05) is 45.2 Å². The summed E-state index contributed by atoms with van der Waals surface area (Å²) in [6.07, 6.45) is 0. The van der Waals surface area contributed by atoms with E-state index in [0.29, 0.717) is 11.1 Å². The lowest BCUT2D eigenvalue weighted by atomic mass is 9.67. The molecule has 6 aromatic rings. The zero-order valence-corrected chi connectivity index (χ0v) is 33.6. The van der Waals surface area contributed by atoms with Crippen molar-refractivity contribution in [3.05, 3.63) is 118 Å². The van der Waals surface area contributed by atoms with Crippen LogP contribution in [0.15, 0.2) is 81.6 Å². The van der Waals surface area contributed by atoms with Gasteiger partial charge in [0.2, 0.25) is 0 Å². The molecule has 8 rings (SSSR count). The third-order valence-corrected chi connectivity index (χ3v) is 11.6. The Hall–Kier alpha value is -5.52. The van der Waals surface area contributed by atoms with Crippen molar-refractivity contribution in [3.8, 4) is 23.0 Å². The van der Waals surface area contributed by atoms with Gasteiger partial charge in [-0.2, -0.15) is 26.3 Å². The van der Waals surface area contributed by atoms with Gasteiger partial charge in [0.05, 0.1) is 28.4 Å². The highest BCUT2D eigenvalue weighted by Gasteiger charge is 2.82. The molecule has 0 N–H and O–H groups in total. The van der Waals surface area contributed by atoms with E-state index in [1.807, 2.05) is 65.8 Å². The third kappa shape index (κ3) is 5.05. The second-order valence-corrected chi connectivity index (χ2v) is 16.9. The lowest BCUT2D eigenvalue weighted by Gasteiger charge is -2.35. The Balaban J connectivity index is 1.69. The molecule has 0 saturated carbocycles. The van der Waals surface area contributed by atoms with Gasteiger partial charge in [0.25, 0.3) is 0 Å². The Morgan fingerprint density at radius 1 is 0.466 bits per heavy atom. The molecule has 2 heterocycles. The number of furan rings is 2. The number of fused-ring (bicyclic) bond motifs is 8. The summed E-state index contributed by atoms with van der Waals surface area (Å²) in [4.78, 5) is 0. The van der Waals surface area contributed by atoms with Crippen molar-refractivity contribution in [2.45, 2.75) is 75.6 Å². The van der Waals surface area contributed by atoms with Crippen LogP contribution in [0.25, 0.3) is 33.1 Å². The summed E-state index contributed by atoms with van der Waals surface area (Å²) < 4.78 is 136. The molecule has 0 radical (unpaired) electrons. The number of hydrogen-bond donors (Lipinski definition) is 0. The number of alkyl halides is 6. The van der Waals surface area contributed by atoms with Crippen molar-refractivity contribution in [3.63, 3.8) is 0 Å². The average Bonchev–Trinajstić information content (AvgIpc) is 3.72. The molecule has 0 atom stereocenters. The van der Waals surface area contributed by atoms with Gasteiger partial charge in [-0.25, -0.2) is 0 Å². The maximum atomic E-state index is 17.0. The monoisotopic (exact) mass is 804 g/mol. The highest BCUT2D eigenvalue weighted by atomic mass is 19.3. The summed E-state index contributed by atoms with van der Waals surface area (Å²) >= 11 is 0. The quantitative estimate of drug-likeness (QED) is 0.156. The van der Waals surface area contributed by atoms with Crippen LogP contribution in [0.1, 0.15) is 86.4 Å².